The molecule has 3 nitrogen and oxygen atoms in total. The monoisotopic (exact) mass is 322 g/mol. The Hall–Kier alpha value is -1.65. The van der Waals surface area contributed by atoms with Gasteiger partial charge in [0.15, 0.2) is 0 Å². The van der Waals surface area contributed by atoms with Gasteiger partial charge >= 0.3 is 5.97 Å². The number of rotatable bonds is 4. The number of aryl methyl sites for hydroxylation is 2. The fraction of sp³-hybridized carbons (Fsp3) is 0.188. The quantitative estimate of drug-likeness (QED) is 0.926. The van der Waals surface area contributed by atoms with E-state index in [-0.39, 0.29) is 10.6 Å². The van der Waals surface area contributed by atoms with E-state index in [0.29, 0.717) is 10.6 Å². The smallest absolute Gasteiger partial charge is 0.337 e. The van der Waals surface area contributed by atoms with E-state index < -0.39 is 16.8 Å². The summed E-state index contributed by atoms with van der Waals surface area (Å²) in [4.78, 5) is 11.5. The van der Waals surface area contributed by atoms with Gasteiger partial charge < -0.3 is 5.11 Å². The number of hydrogen-bond acceptors (Lipinski definition) is 2. The van der Waals surface area contributed by atoms with Crippen molar-refractivity contribution in [3.05, 3.63) is 63.7 Å². The van der Waals surface area contributed by atoms with Crippen molar-refractivity contribution in [2.24, 2.45) is 0 Å². The van der Waals surface area contributed by atoms with E-state index in [9.17, 15) is 9.00 Å². The zero-order valence-corrected chi connectivity index (χ0v) is 13.3. The van der Waals surface area contributed by atoms with E-state index in [1.807, 2.05) is 32.0 Å². The Morgan fingerprint density at radius 2 is 1.90 bits per heavy atom. The standard InChI is InChI=1S/C16H15ClO3S/c1-10-3-4-11(2)12(7-10)9-21(20)13-5-6-15(17)14(8-13)16(18)19/h3-8H,9H2,1-2H3,(H,18,19). The summed E-state index contributed by atoms with van der Waals surface area (Å²) >= 11 is 5.82. The fourth-order valence-corrected chi connectivity index (χ4v) is 3.42. The Labute approximate surface area is 131 Å². The first-order chi connectivity index (χ1) is 9.88. The first-order valence-electron chi connectivity index (χ1n) is 6.36. The van der Waals surface area contributed by atoms with E-state index in [1.54, 1.807) is 6.07 Å². The van der Waals surface area contributed by atoms with Crippen LogP contribution >= 0.6 is 11.6 Å². The van der Waals surface area contributed by atoms with E-state index in [1.165, 1.54) is 12.1 Å². The van der Waals surface area contributed by atoms with E-state index in [4.69, 9.17) is 16.7 Å². The highest BCUT2D eigenvalue weighted by Crippen LogP contribution is 2.22. The van der Waals surface area contributed by atoms with Gasteiger partial charge in [-0.15, -0.1) is 0 Å². The van der Waals surface area contributed by atoms with Crippen molar-refractivity contribution in [2.75, 3.05) is 0 Å². The third-order valence-electron chi connectivity index (χ3n) is 3.22. The first kappa shape index (κ1) is 15.7. The molecular weight excluding hydrogens is 308 g/mol. The summed E-state index contributed by atoms with van der Waals surface area (Å²) in [5, 5.41) is 9.21. The van der Waals surface area contributed by atoms with E-state index in [0.717, 1.165) is 16.7 Å². The van der Waals surface area contributed by atoms with Gasteiger partial charge in [-0.25, -0.2) is 4.79 Å². The maximum atomic E-state index is 12.4. The van der Waals surface area contributed by atoms with Crippen LogP contribution in [0.1, 0.15) is 27.0 Å². The van der Waals surface area contributed by atoms with Crippen LogP contribution in [0.4, 0.5) is 0 Å². The molecule has 0 saturated heterocycles. The lowest BCUT2D eigenvalue weighted by molar-refractivity contribution is 0.0697. The molecule has 0 amide bonds. The van der Waals surface area contributed by atoms with Crippen LogP contribution in [0.3, 0.4) is 0 Å². The highest BCUT2D eigenvalue weighted by molar-refractivity contribution is 7.84. The number of carbonyl (C=O) groups is 1. The lowest BCUT2D eigenvalue weighted by Crippen LogP contribution is -2.03. The van der Waals surface area contributed by atoms with Crippen molar-refractivity contribution in [2.45, 2.75) is 24.5 Å². The summed E-state index contributed by atoms with van der Waals surface area (Å²) in [5.74, 6) is -0.764. The van der Waals surface area contributed by atoms with E-state index in [2.05, 4.69) is 0 Å². The van der Waals surface area contributed by atoms with Gasteiger partial charge in [0.05, 0.1) is 27.1 Å². The van der Waals surface area contributed by atoms with Gasteiger partial charge in [-0.1, -0.05) is 35.4 Å². The molecule has 2 rings (SSSR count). The maximum Gasteiger partial charge on any atom is 0.337 e. The number of carboxylic acids is 1. The van der Waals surface area contributed by atoms with Gasteiger partial charge in [-0.3, -0.25) is 4.21 Å². The Balaban J connectivity index is 2.30. The molecule has 0 aliphatic carbocycles. The van der Waals surface area contributed by atoms with Crippen molar-refractivity contribution in [1.29, 1.82) is 0 Å². The topological polar surface area (TPSA) is 54.4 Å². The van der Waals surface area contributed by atoms with Gasteiger partial charge in [0, 0.05) is 4.90 Å². The molecular formula is C16H15ClO3S. The molecule has 0 saturated carbocycles. The first-order valence-corrected chi connectivity index (χ1v) is 8.05. The number of hydrogen-bond donors (Lipinski definition) is 1. The molecule has 0 radical (unpaired) electrons. The average Bonchev–Trinajstić information content (AvgIpc) is 2.43. The Kier molecular flexibility index (Phi) is 4.80. The molecule has 0 aliphatic rings. The Morgan fingerprint density at radius 1 is 1.19 bits per heavy atom. The summed E-state index contributed by atoms with van der Waals surface area (Å²) in [7, 11) is -1.31. The summed E-state index contributed by atoms with van der Waals surface area (Å²) in [6, 6.07) is 10.5. The summed E-state index contributed by atoms with van der Waals surface area (Å²) < 4.78 is 12.4. The van der Waals surface area contributed by atoms with Crippen LogP contribution in [0.15, 0.2) is 41.3 Å². The highest BCUT2D eigenvalue weighted by Gasteiger charge is 2.13. The largest absolute Gasteiger partial charge is 0.478 e. The second-order valence-electron chi connectivity index (χ2n) is 4.87. The van der Waals surface area contributed by atoms with Gasteiger partial charge in [-0.05, 0) is 43.2 Å². The second-order valence-corrected chi connectivity index (χ2v) is 6.72. The zero-order chi connectivity index (χ0) is 15.6. The molecule has 1 atom stereocenters. The van der Waals surface area contributed by atoms with Crippen LogP contribution in [0, 0.1) is 13.8 Å². The van der Waals surface area contributed by atoms with Gasteiger partial charge in [0.1, 0.15) is 0 Å². The zero-order valence-electron chi connectivity index (χ0n) is 11.7. The van der Waals surface area contributed by atoms with Crippen molar-refractivity contribution in [3.63, 3.8) is 0 Å². The molecule has 1 unspecified atom stereocenters. The summed E-state index contributed by atoms with van der Waals surface area (Å²) in [6.07, 6.45) is 0. The van der Waals surface area contributed by atoms with Crippen molar-refractivity contribution in [1.82, 2.24) is 0 Å². The molecule has 5 heteroatoms. The number of carboxylic acid groups (broad SMARTS) is 1. The molecule has 0 bridgehead atoms. The van der Waals surface area contributed by atoms with Gasteiger partial charge in [-0.2, -0.15) is 0 Å². The van der Waals surface area contributed by atoms with Crippen molar-refractivity contribution >= 4 is 28.4 Å². The van der Waals surface area contributed by atoms with Gasteiger partial charge in [0.2, 0.25) is 0 Å². The number of benzene rings is 2. The van der Waals surface area contributed by atoms with E-state index >= 15 is 0 Å². The summed E-state index contributed by atoms with van der Waals surface area (Å²) in [6.45, 7) is 3.95. The molecule has 0 fully saturated rings. The third kappa shape index (κ3) is 3.71. The molecule has 21 heavy (non-hydrogen) atoms. The van der Waals surface area contributed by atoms with Gasteiger partial charge in [0.25, 0.3) is 0 Å². The predicted octanol–water partition coefficient (Wildman–Crippen LogP) is 3.96. The molecule has 0 aliphatic heterocycles. The van der Waals surface area contributed by atoms with Crippen LogP contribution in [0.25, 0.3) is 0 Å². The normalized spacial score (nSPS) is 12.1. The third-order valence-corrected chi connectivity index (χ3v) is 4.90. The molecule has 0 aromatic heterocycles. The minimum atomic E-state index is -1.31. The predicted molar refractivity (Wildman–Crippen MR) is 84.4 cm³/mol. The number of halogens is 1. The fourth-order valence-electron chi connectivity index (χ4n) is 1.99. The van der Waals surface area contributed by atoms with Crippen LogP contribution in [-0.2, 0) is 16.6 Å². The summed E-state index contributed by atoms with van der Waals surface area (Å²) in [5.41, 5.74) is 3.15. The molecule has 2 aromatic rings. The minimum Gasteiger partial charge on any atom is -0.478 e. The van der Waals surface area contributed by atoms with Crippen LogP contribution in [0.5, 0.6) is 0 Å². The minimum absolute atomic E-state index is 0.0246. The molecule has 2 aromatic carbocycles. The molecule has 0 heterocycles. The molecule has 0 spiro atoms. The Morgan fingerprint density at radius 3 is 2.57 bits per heavy atom. The van der Waals surface area contributed by atoms with Crippen LogP contribution < -0.4 is 0 Å². The van der Waals surface area contributed by atoms with Crippen LogP contribution in [-0.4, -0.2) is 15.3 Å². The maximum absolute atomic E-state index is 12.4. The number of aromatic carboxylic acids is 1. The molecule has 110 valence electrons. The lowest BCUT2D eigenvalue weighted by atomic mass is 10.1. The average molecular weight is 323 g/mol. The molecule has 1 N–H and O–H groups in total. The Bertz CT molecular complexity index is 725. The lowest BCUT2D eigenvalue weighted by Gasteiger charge is -2.08. The highest BCUT2D eigenvalue weighted by atomic mass is 35.5. The van der Waals surface area contributed by atoms with Crippen molar-refractivity contribution < 1.29 is 14.1 Å². The SMILES string of the molecule is Cc1ccc(C)c(CS(=O)c2ccc(Cl)c(C(=O)O)c2)c1. The second kappa shape index (κ2) is 6.41. The van der Waals surface area contributed by atoms with Crippen LogP contribution in [0.2, 0.25) is 5.02 Å². The van der Waals surface area contributed by atoms with Crippen molar-refractivity contribution in [3.8, 4) is 0 Å².